The molecule has 0 aromatic heterocycles. The van der Waals surface area contributed by atoms with Gasteiger partial charge in [-0.3, -0.25) is 0 Å². The normalized spacial score (nSPS) is 31.2. The molecule has 1 fully saturated rings. The van der Waals surface area contributed by atoms with Crippen molar-refractivity contribution in [2.75, 3.05) is 13.2 Å². The van der Waals surface area contributed by atoms with Crippen LogP contribution < -0.4 is 0 Å². The molecule has 1 rings (SSSR count). The molecule has 0 aliphatic carbocycles. The van der Waals surface area contributed by atoms with Gasteiger partial charge in [0.2, 0.25) is 0 Å². The van der Waals surface area contributed by atoms with Crippen LogP contribution in [0.4, 0.5) is 0 Å². The molecular weight excluding hydrogens is 192 g/mol. The lowest BCUT2D eigenvalue weighted by Crippen LogP contribution is -2.39. The molecule has 3 nitrogen and oxygen atoms in total. The molecule has 0 bridgehead atoms. The van der Waals surface area contributed by atoms with E-state index in [9.17, 15) is 5.11 Å². The lowest BCUT2D eigenvalue weighted by molar-refractivity contribution is -0.233. The summed E-state index contributed by atoms with van der Waals surface area (Å²) in [7, 11) is 0. The Labute approximate surface area is 92.8 Å². The maximum absolute atomic E-state index is 9.42. The van der Waals surface area contributed by atoms with Crippen LogP contribution in [0.3, 0.4) is 0 Å². The van der Waals surface area contributed by atoms with Crippen molar-refractivity contribution in [3.8, 4) is 0 Å². The zero-order valence-electron chi connectivity index (χ0n) is 10.1. The van der Waals surface area contributed by atoms with Crippen LogP contribution in [0.1, 0.15) is 40.0 Å². The average molecular weight is 216 g/mol. The van der Waals surface area contributed by atoms with Crippen LogP contribution >= 0.6 is 0 Å². The van der Waals surface area contributed by atoms with Crippen molar-refractivity contribution in [2.24, 2.45) is 11.8 Å². The van der Waals surface area contributed by atoms with Crippen molar-refractivity contribution < 1.29 is 14.6 Å². The van der Waals surface area contributed by atoms with E-state index in [1.165, 1.54) is 19.3 Å². The molecule has 1 saturated heterocycles. The molecule has 2 unspecified atom stereocenters. The molecule has 2 atom stereocenters. The van der Waals surface area contributed by atoms with Crippen molar-refractivity contribution in [1.82, 2.24) is 0 Å². The minimum Gasteiger partial charge on any atom is -0.393 e. The van der Waals surface area contributed by atoms with E-state index in [2.05, 4.69) is 6.92 Å². The molecule has 1 aliphatic heterocycles. The highest BCUT2D eigenvalue weighted by Gasteiger charge is 2.28. The molecule has 0 aromatic rings. The fourth-order valence-corrected chi connectivity index (χ4v) is 1.75. The molecule has 0 spiro atoms. The number of hydrogen-bond acceptors (Lipinski definition) is 3. The van der Waals surface area contributed by atoms with Crippen molar-refractivity contribution in [2.45, 2.75) is 52.4 Å². The zero-order valence-corrected chi connectivity index (χ0v) is 10.1. The Balaban J connectivity index is 2.23. The first kappa shape index (κ1) is 12.9. The lowest BCUT2D eigenvalue weighted by atomic mass is 10.0. The van der Waals surface area contributed by atoms with Gasteiger partial charge in [0.1, 0.15) is 0 Å². The van der Waals surface area contributed by atoms with Crippen molar-refractivity contribution >= 4 is 0 Å². The predicted molar refractivity (Wildman–Crippen MR) is 59.6 cm³/mol. The fourth-order valence-electron chi connectivity index (χ4n) is 1.75. The van der Waals surface area contributed by atoms with Crippen LogP contribution in [0.2, 0.25) is 0 Å². The van der Waals surface area contributed by atoms with E-state index in [4.69, 9.17) is 9.47 Å². The summed E-state index contributed by atoms with van der Waals surface area (Å²) < 4.78 is 11.3. The van der Waals surface area contributed by atoms with Crippen molar-refractivity contribution in [3.63, 3.8) is 0 Å². The number of aliphatic hydroxyl groups excluding tert-OH is 1. The van der Waals surface area contributed by atoms with Gasteiger partial charge in [-0.25, -0.2) is 0 Å². The second-order valence-electron chi connectivity index (χ2n) is 4.64. The first-order chi connectivity index (χ1) is 7.15. The lowest BCUT2D eigenvalue weighted by Gasteiger charge is -2.33. The van der Waals surface area contributed by atoms with E-state index in [1.807, 2.05) is 6.92 Å². The van der Waals surface area contributed by atoms with Gasteiger partial charge in [-0.1, -0.05) is 26.7 Å². The van der Waals surface area contributed by atoms with Gasteiger partial charge in [-0.05, 0) is 13.3 Å². The Morgan fingerprint density at radius 1 is 1.27 bits per heavy atom. The number of rotatable bonds is 5. The summed E-state index contributed by atoms with van der Waals surface area (Å²) in [5, 5.41) is 9.42. The third-order valence-electron chi connectivity index (χ3n) is 3.15. The SMILES string of the molecule is CCCCC1COC(C(C)C(C)O)OC1. The summed E-state index contributed by atoms with van der Waals surface area (Å²) in [5.41, 5.74) is 0. The van der Waals surface area contributed by atoms with Gasteiger partial charge < -0.3 is 14.6 Å². The average Bonchev–Trinajstić information content (AvgIpc) is 2.26. The van der Waals surface area contributed by atoms with E-state index in [0.29, 0.717) is 5.92 Å². The number of ether oxygens (including phenoxy) is 2. The van der Waals surface area contributed by atoms with Crippen LogP contribution in [-0.4, -0.2) is 30.7 Å². The van der Waals surface area contributed by atoms with Gasteiger partial charge in [0, 0.05) is 11.8 Å². The van der Waals surface area contributed by atoms with E-state index in [1.54, 1.807) is 6.92 Å². The summed E-state index contributed by atoms with van der Waals surface area (Å²) in [6.07, 6.45) is 3.06. The van der Waals surface area contributed by atoms with E-state index in [-0.39, 0.29) is 18.3 Å². The minimum absolute atomic E-state index is 0.0529. The molecule has 15 heavy (non-hydrogen) atoms. The predicted octanol–water partition coefficient (Wildman–Crippen LogP) is 2.18. The highest BCUT2D eigenvalue weighted by Crippen LogP contribution is 2.22. The van der Waals surface area contributed by atoms with Crippen molar-refractivity contribution in [3.05, 3.63) is 0 Å². The largest absolute Gasteiger partial charge is 0.393 e. The first-order valence-electron chi connectivity index (χ1n) is 6.06. The quantitative estimate of drug-likeness (QED) is 0.765. The summed E-state index contributed by atoms with van der Waals surface area (Å²) in [5.74, 6) is 0.597. The Bertz CT molecular complexity index is 162. The highest BCUT2D eigenvalue weighted by atomic mass is 16.7. The maximum Gasteiger partial charge on any atom is 0.162 e. The molecule has 1 heterocycles. The second-order valence-corrected chi connectivity index (χ2v) is 4.64. The van der Waals surface area contributed by atoms with Gasteiger partial charge in [-0.15, -0.1) is 0 Å². The van der Waals surface area contributed by atoms with Crippen LogP contribution in [0.25, 0.3) is 0 Å². The van der Waals surface area contributed by atoms with Gasteiger partial charge in [-0.2, -0.15) is 0 Å². The van der Waals surface area contributed by atoms with E-state index >= 15 is 0 Å². The monoisotopic (exact) mass is 216 g/mol. The van der Waals surface area contributed by atoms with Gasteiger partial charge in [0.15, 0.2) is 6.29 Å². The fraction of sp³-hybridized carbons (Fsp3) is 1.00. The zero-order chi connectivity index (χ0) is 11.3. The summed E-state index contributed by atoms with van der Waals surface area (Å²) in [4.78, 5) is 0. The Morgan fingerprint density at radius 2 is 1.87 bits per heavy atom. The van der Waals surface area contributed by atoms with Crippen LogP contribution in [0, 0.1) is 11.8 Å². The number of aliphatic hydroxyl groups is 1. The Kier molecular flexibility index (Phi) is 5.58. The molecule has 3 heteroatoms. The molecular formula is C12H24O3. The standard InChI is InChI=1S/C12H24O3/c1-4-5-6-11-7-14-12(15-8-11)9(2)10(3)13/h9-13H,4-8H2,1-3H3. The topological polar surface area (TPSA) is 38.7 Å². The van der Waals surface area contributed by atoms with Gasteiger partial charge in [0.05, 0.1) is 19.3 Å². The number of unbranched alkanes of at least 4 members (excludes halogenated alkanes) is 1. The number of hydrogen-bond donors (Lipinski definition) is 1. The molecule has 1 N–H and O–H groups in total. The Hall–Kier alpha value is -0.120. The van der Waals surface area contributed by atoms with Crippen LogP contribution in [-0.2, 0) is 9.47 Å². The second kappa shape index (κ2) is 6.46. The molecule has 0 amide bonds. The summed E-state index contributed by atoms with van der Waals surface area (Å²) >= 11 is 0. The molecule has 1 aliphatic rings. The summed E-state index contributed by atoms with van der Waals surface area (Å²) in [6.45, 7) is 7.49. The van der Waals surface area contributed by atoms with Gasteiger partial charge in [0.25, 0.3) is 0 Å². The van der Waals surface area contributed by atoms with Crippen LogP contribution in [0.15, 0.2) is 0 Å². The van der Waals surface area contributed by atoms with E-state index in [0.717, 1.165) is 13.2 Å². The van der Waals surface area contributed by atoms with E-state index < -0.39 is 0 Å². The Morgan fingerprint density at radius 3 is 2.33 bits per heavy atom. The molecule has 90 valence electrons. The van der Waals surface area contributed by atoms with Gasteiger partial charge >= 0.3 is 0 Å². The first-order valence-corrected chi connectivity index (χ1v) is 6.06. The highest BCUT2D eigenvalue weighted by molar-refractivity contribution is 4.69. The molecule has 0 radical (unpaired) electrons. The summed E-state index contributed by atoms with van der Waals surface area (Å²) in [6, 6.07) is 0. The van der Waals surface area contributed by atoms with Crippen molar-refractivity contribution in [1.29, 1.82) is 0 Å². The molecule has 0 saturated carbocycles. The smallest absolute Gasteiger partial charge is 0.162 e. The third-order valence-corrected chi connectivity index (χ3v) is 3.15. The maximum atomic E-state index is 9.42. The van der Waals surface area contributed by atoms with Crippen LogP contribution in [0.5, 0.6) is 0 Å². The minimum atomic E-state index is -0.373. The molecule has 0 aromatic carbocycles. The third kappa shape index (κ3) is 4.09.